The number of hydrogen-bond donors (Lipinski definition) is 0. The van der Waals surface area contributed by atoms with E-state index in [0.29, 0.717) is 15.2 Å². The molecule has 0 bridgehead atoms. The molecule has 0 amide bonds. The normalized spacial score (nSPS) is 11.4. The molecular weight excluding hydrogens is 349 g/mol. The molecule has 0 saturated heterocycles. The summed E-state index contributed by atoms with van der Waals surface area (Å²) in [7, 11) is 4.83. The van der Waals surface area contributed by atoms with Gasteiger partial charge in [-0.1, -0.05) is 80.9 Å². The number of ether oxygens (including phenoxy) is 1. The highest BCUT2D eigenvalue weighted by molar-refractivity contribution is 7.55. The smallest absolute Gasteiger partial charge is 0.130 e. The van der Waals surface area contributed by atoms with Crippen LogP contribution in [0.1, 0.15) is 22.3 Å². The van der Waals surface area contributed by atoms with Gasteiger partial charge < -0.3 is 9.64 Å². The van der Waals surface area contributed by atoms with Crippen LogP contribution in [0.2, 0.25) is 0 Å². The first kappa shape index (κ1) is 19.6. The maximum atomic E-state index is 6.27. The summed E-state index contributed by atoms with van der Waals surface area (Å²) in [6, 6.07) is 23.6. The highest BCUT2D eigenvalue weighted by atomic mass is 31.1. The van der Waals surface area contributed by atoms with Crippen molar-refractivity contribution >= 4 is 19.2 Å². The standard InChI is InChI=1S/C24H28NOP/c1-18-13-14-22(21(15-18)16-25(3)4)27-23-12-8-9-19(2)24(23)26-17-20-10-6-5-7-11-20/h5-15,27H,16-17H2,1-4H3. The molecule has 3 aromatic carbocycles. The molecule has 1 atom stereocenters. The third kappa shape index (κ3) is 5.42. The second-order valence-electron chi connectivity index (χ2n) is 7.25. The van der Waals surface area contributed by atoms with E-state index in [0.717, 1.165) is 12.3 Å². The van der Waals surface area contributed by atoms with E-state index in [1.165, 1.54) is 32.9 Å². The highest BCUT2D eigenvalue weighted by Gasteiger charge is 2.11. The lowest BCUT2D eigenvalue weighted by molar-refractivity contribution is 0.307. The van der Waals surface area contributed by atoms with E-state index in [2.05, 4.69) is 93.5 Å². The molecule has 3 heteroatoms. The zero-order chi connectivity index (χ0) is 19.2. The van der Waals surface area contributed by atoms with Gasteiger partial charge in [-0.3, -0.25) is 0 Å². The summed E-state index contributed by atoms with van der Waals surface area (Å²) in [4.78, 5) is 2.23. The van der Waals surface area contributed by atoms with Crippen molar-refractivity contribution in [1.29, 1.82) is 0 Å². The van der Waals surface area contributed by atoms with Gasteiger partial charge in [-0.25, -0.2) is 0 Å². The van der Waals surface area contributed by atoms with Gasteiger partial charge in [0.1, 0.15) is 12.4 Å². The van der Waals surface area contributed by atoms with Crippen LogP contribution in [-0.2, 0) is 13.2 Å². The van der Waals surface area contributed by atoms with Crippen LogP contribution < -0.4 is 15.3 Å². The molecule has 0 fully saturated rings. The molecule has 0 radical (unpaired) electrons. The number of hydrogen-bond acceptors (Lipinski definition) is 2. The first-order chi connectivity index (χ1) is 13.0. The third-order valence-corrected chi connectivity index (χ3v) is 5.87. The Morgan fingerprint density at radius 3 is 2.37 bits per heavy atom. The molecular formula is C24H28NOP. The van der Waals surface area contributed by atoms with Crippen LogP contribution in [0.3, 0.4) is 0 Å². The molecule has 0 aliphatic carbocycles. The third-order valence-electron chi connectivity index (χ3n) is 4.45. The van der Waals surface area contributed by atoms with Crippen molar-refractivity contribution in [3.63, 3.8) is 0 Å². The molecule has 1 unspecified atom stereocenters. The van der Waals surface area contributed by atoms with Crippen LogP contribution in [0.4, 0.5) is 0 Å². The van der Waals surface area contributed by atoms with Crippen molar-refractivity contribution < 1.29 is 4.74 Å². The highest BCUT2D eigenvalue weighted by Crippen LogP contribution is 2.25. The van der Waals surface area contributed by atoms with Gasteiger partial charge in [-0.05, 0) is 49.9 Å². The molecule has 0 aliphatic rings. The van der Waals surface area contributed by atoms with E-state index >= 15 is 0 Å². The predicted molar refractivity (Wildman–Crippen MR) is 118 cm³/mol. The van der Waals surface area contributed by atoms with Crippen molar-refractivity contribution in [2.24, 2.45) is 0 Å². The summed E-state index contributed by atoms with van der Waals surface area (Å²) in [5.74, 6) is 1.02. The number of rotatable bonds is 7. The first-order valence-electron chi connectivity index (χ1n) is 9.30. The average Bonchev–Trinajstić information content (AvgIpc) is 2.64. The lowest BCUT2D eigenvalue weighted by Crippen LogP contribution is -2.18. The minimum atomic E-state index is 0.583. The van der Waals surface area contributed by atoms with Crippen molar-refractivity contribution in [2.75, 3.05) is 14.1 Å². The molecule has 0 heterocycles. The summed E-state index contributed by atoms with van der Waals surface area (Å²) >= 11 is 0. The fourth-order valence-electron chi connectivity index (χ4n) is 3.13. The Morgan fingerprint density at radius 1 is 0.852 bits per heavy atom. The molecule has 3 rings (SSSR count). The Hall–Kier alpha value is -2.15. The maximum absolute atomic E-state index is 6.27. The Kier molecular flexibility index (Phi) is 6.66. The summed E-state index contributed by atoms with van der Waals surface area (Å²) in [6.07, 6.45) is 0. The maximum Gasteiger partial charge on any atom is 0.130 e. The van der Waals surface area contributed by atoms with Crippen molar-refractivity contribution in [3.8, 4) is 5.75 Å². The summed E-state index contributed by atoms with van der Waals surface area (Å²) in [5, 5.41) is 2.67. The van der Waals surface area contributed by atoms with E-state index in [4.69, 9.17) is 4.74 Å². The van der Waals surface area contributed by atoms with Crippen molar-refractivity contribution in [3.05, 3.63) is 89.0 Å². The molecule has 0 N–H and O–H groups in total. The lowest BCUT2D eigenvalue weighted by atomic mass is 10.1. The van der Waals surface area contributed by atoms with Crippen LogP contribution in [-0.4, -0.2) is 19.0 Å². The van der Waals surface area contributed by atoms with Gasteiger partial charge in [0.05, 0.1) is 0 Å². The topological polar surface area (TPSA) is 12.5 Å². The monoisotopic (exact) mass is 377 g/mol. The van der Waals surface area contributed by atoms with E-state index < -0.39 is 0 Å². The average molecular weight is 377 g/mol. The van der Waals surface area contributed by atoms with E-state index in [9.17, 15) is 0 Å². The summed E-state index contributed by atoms with van der Waals surface area (Å²) in [6.45, 7) is 5.84. The molecule has 0 aromatic heterocycles. The molecule has 2 nitrogen and oxygen atoms in total. The fraction of sp³-hybridized carbons (Fsp3) is 0.250. The van der Waals surface area contributed by atoms with Gasteiger partial charge in [-0.2, -0.15) is 0 Å². The lowest BCUT2D eigenvalue weighted by Gasteiger charge is -2.18. The Balaban J connectivity index is 1.86. The van der Waals surface area contributed by atoms with Gasteiger partial charge in [0.15, 0.2) is 0 Å². The van der Waals surface area contributed by atoms with Crippen molar-refractivity contribution in [1.82, 2.24) is 4.90 Å². The summed E-state index contributed by atoms with van der Waals surface area (Å²) in [5.41, 5.74) is 5.09. The van der Waals surface area contributed by atoms with Crippen LogP contribution in [0.5, 0.6) is 5.75 Å². The molecule has 0 aliphatic heterocycles. The van der Waals surface area contributed by atoms with Gasteiger partial charge in [0, 0.05) is 11.8 Å². The van der Waals surface area contributed by atoms with E-state index in [1.807, 2.05) is 6.07 Å². The minimum Gasteiger partial charge on any atom is -0.488 e. The van der Waals surface area contributed by atoms with E-state index in [-0.39, 0.29) is 0 Å². The molecule has 3 aromatic rings. The van der Waals surface area contributed by atoms with Crippen LogP contribution >= 0.6 is 8.58 Å². The van der Waals surface area contributed by atoms with Crippen molar-refractivity contribution in [2.45, 2.75) is 27.0 Å². The fourth-order valence-corrected chi connectivity index (χ4v) is 4.46. The quantitative estimate of drug-likeness (QED) is 0.559. The van der Waals surface area contributed by atoms with Gasteiger partial charge in [-0.15, -0.1) is 0 Å². The first-order valence-corrected chi connectivity index (χ1v) is 10.3. The largest absolute Gasteiger partial charge is 0.488 e. The molecule has 0 saturated carbocycles. The Bertz CT molecular complexity index is 890. The summed E-state index contributed by atoms with van der Waals surface area (Å²) < 4.78 is 6.27. The van der Waals surface area contributed by atoms with E-state index in [1.54, 1.807) is 0 Å². The Morgan fingerprint density at radius 2 is 1.63 bits per heavy atom. The number of aryl methyl sites for hydroxylation is 2. The second kappa shape index (κ2) is 9.17. The van der Waals surface area contributed by atoms with Gasteiger partial charge >= 0.3 is 0 Å². The van der Waals surface area contributed by atoms with Crippen LogP contribution in [0.25, 0.3) is 0 Å². The SMILES string of the molecule is Cc1ccc(Pc2cccc(C)c2OCc2ccccc2)c(CN(C)C)c1. The molecule has 27 heavy (non-hydrogen) atoms. The Labute approximate surface area is 165 Å². The molecule has 0 spiro atoms. The number of para-hydroxylation sites is 1. The van der Waals surface area contributed by atoms with Gasteiger partial charge in [0.25, 0.3) is 0 Å². The molecule has 140 valence electrons. The predicted octanol–water partition coefficient (Wildman–Crippen LogP) is 4.57. The van der Waals surface area contributed by atoms with Gasteiger partial charge in [0.2, 0.25) is 0 Å². The number of nitrogens with zero attached hydrogens (tertiary/aromatic N) is 1. The second-order valence-corrected chi connectivity index (χ2v) is 8.58. The van der Waals surface area contributed by atoms with Crippen LogP contribution in [0, 0.1) is 13.8 Å². The minimum absolute atomic E-state index is 0.583. The zero-order valence-corrected chi connectivity index (χ0v) is 17.6. The zero-order valence-electron chi connectivity index (χ0n) is 16.6. The van der Waals surface area contributed by atoms with Crippen LogP contribution in [0.15, 0.2) is 66.7 Å². The number of benzene rings is 3.